The average molecular weight is 567 g/mol. The molecule has 3 N–H and O–H groups in total. The standard InChI is InChI=1S/C27H31F3N3O5P/c1-4-20-15-32(16-33(20)17-38-39(35)36)25-11-10-18(12-23(25)30)13-26(37-6-3)27(34)31-24(5-2)19-8-7-9-21(28)22(29)14-19/h8-16,24,35-36H,4-7,17H2,1-3H3/p+1/b26-13-. The molecular formula is C27H32F3N3O5P+. The molecule has 1 heterocycles. The summed E-state index contributed by atoms with van der Waals surface area (Å²) in [7, 11) is -2.53. The van der Waals surface area contributed by atoms with Gasteiger partial charge in [-0.25, -0.2) is 17.7 Å². The quantitative estimate of drug-likeness (QED) is 0.146. The van der Waals surface area contributed by atoms with E-state index in [0.29, 0.717) is 24.0 Å². The molecular weight excluding hydrogens is 534 g/mol. The molecule has 8 nitrogen and oxygen atoms in total. The van der Waals surface area contributed by atoms with Crippen molar-refractivity contribution in [3.63, 3.8) is 0 Å². The number of carbonyl (C=O) groups excluding carboxylic acids is 1. The minimum atomic E-state index is -2.53. The number of nitrogens with one attached hydrogen (secondary N) is 1. The third-order valence-corrected chi connectivity index (χ3v) is 6.30. The fraction of sp³-hybridized carbons (Fsp3) is 0.333. The molecule has 1 aromatic heterocycles. The van der Waals surface area contributed by atoms with Gasteiger partial charge in [-0.3, -0.25) is 9.32 Å². The summed E-state index contributed by atoms with van der Waals surface area (Å²) in [4.78, 5) is 31.1. The molecule has 0 saturated carbocycles. The zero-order valence-corrected chi connectivity index (χ0v) is 22.8. The highest BCUT2D eigenvalue weighted by atomic mass is 31.2. The summed E-state index contributed by atoms with van der Waals surface area (Å²) in [6.45, 7) is 5.48. The lowest BCUT2D eigenvalue weighted by Crippen LogP contribution is -2.37. The molecule has 1 aliphatic rings. The summed E-state index contributed by atoms with van der Waals surface area (Å²) < 4.78 is 56.3. The maximum Gasteiger partial charge on any atom is 0.330 e. The number of hydrogen-bond acceptors (Lipinski definition) is 5. The Bertz CT molecular complexity index is 1300. The second kappa shape index (κ2) is 14.2. The van der Waals surface area contributed by atoms with Crippen LogP contribution in [0.2, 0.25) is 0 Å². The van der Waals surface area contributed by atoms with E-state index >= 15 is 4.39 Å². The summed E-state index contributed by atoms with van der Waals surface area (Å²) in [6, 6.07) is 3.83. The van der Waals surface area contributed by atoms with Crippen LogP contribution in [0.25, 0.3) is 11.8 Å². The van der Waals surface area contributed by atoms with Crippen LogP contribution in [0.15, 0.2) is 71.9 Å². The zero-order chi connectivity index (χ0) is 28.5. The number of amides is 1. The first-order valence-electron chi connectivity index (χ1n) is 12.5. The Hall–Kier alpha value is -3.24. The van der Waals surface area contributed by atoms with Gasteiger partial charge in [0.25, 0.3) is 12.2 Å². The number of aryl methyl sites for hydroxylation is 1. The van der Waals surface area contributed by atoms with Crippen molar-refractivity contribution in [1.82, 2.24) is 9.88 Å². The number of rotatable bonds is 12. The van der Waals surface area contributed by atoms with E-state index in [1.165, 1.54) is 12.1 Å². The molecule has 210 valence electrons. The van der Waals surface area contributed by atoms with Crippen LogP contribution in [0.5, 0.6) is 0 Å². The van der Waals surface area contributed by atoms with Crippen LogP contribution in [0.3, 0.4) is 0 Å². The van der Waals surface area contributed by atoms with Crippen molar-refractivity contribution in [3.8, 4) is 5.69 Å². The summed E-state index contributed by atoms with van der Waals surface area (Å²) in [5.41, 5.74) is 1.83. The van der Waals surface area contributed by atoms with Crippen LogP contribution >= 0.6 is 8.60 Å². The highest BCUT2D eigenvalue weighted by molar-refractivity contribution is 7.39. The number of nitrogens with zero attached hydrogens (tertiary/aromatic N) is 2. The highest BCUT2D eigenvalue weighted by Gasteiger charge is 2.21. The SMILES string of the molecule is CCO/C(=C\c1ccc(-[n+]2cc(CC)n(COP(O)O)c2)c(F)c1)C(=O)NC(CC)C1=CCC=C(F)C(F)=C1. The van der Waals surface area contributed by atoms with Crippen molar-refractivity contribution < 1.29 is 41.6 Å². The highest BCUT2D eigenvalue weighted by Crippen LogP contribution is 2.25. The zero-order valence-electron chi connectivity index (χ0n) is 21.9. The Morgan fingerprint density at radius 3 is 2.62 bits per heavy atom. The summed E-state index contributed by atoms with van der Waals surface area (Å²) >= 11 is 0. The molecule has 2 aromatic rings. The molecule has 1 unspecified atom stereocenters. The minimum Gasteiger partial charge on any atom is -0.488 e. The first-order valence-corrected chi connectivity index (χ1v) is 13.6. The molecule has 0 fully saturated rings. The van der Waals surface area contributed by atoms with Gasteiger partial charge in [0.05, 0.1) is 12.6 Å². The fourth-order valence-corrected chi connectivity index (χ4v) is 4.24. The molecule has 3 rings (SSSR count). The van der Waals surface area contributed by atoms with Crippen molar-refractivity contribution in [2.24, 2.45) is 0 Å². The van der Waals surface area contributed by atoms with E-state index in [0.717, 1.165) is 17.8 Å². The van der Waals surface area contributed by atoms with E-state index in [1.807, 2.05) is 6.92 Å². The number of aromatic nitrogens is 2. The molecule has 0 saturated heterocycles. The van der Waals surface area contributed by atoms with Crippen LogP contribution in [0.4, 0.5) is 13.2 Å². The summed E-state index contributed by atoms with van der Waals surface area (Å²) in [6.07, 6.45) is 9.75. The maximum atomic E-state index is 15.2. The Morgan fingerprint density at radius 2 is 1.97 bits per heavy atom. The van der Waals surface area contributed by atoms with E-state index in [9.17, 15) is 13.6 Å². The molecule has 0 aliphatic heterocycles. The Morgan fingerprint density at radius 1 is 1.21 bits per heavy atom. The predicted molar refractivity (Wildman–Crippen MR) is 141 cm³/mol. The van der Waals surface area contributed by atoms with Crippen LogP contribution in [0, 0.1) is 5.82 Å². The number of ether oxygens (including phenoxy) is 1. The van der Waals surface area contributed by atoms with Crippen molar-refractivity contribution >= 4 is 20.6 Å². The lowest BCUT2D eigenvalue weighted by molar-refractivity contribution is -0.597. The van der Waals surface area contributed by atoms with Crippen molar-refractivity contribution in [2.45, 2.75) is 52.8 Å². The third kappa shape index (κ3) is 8.12. The van der Waals surface area contributed by atoms with Crippen molar-refractivity contribution in [1.29, 1.82) is 0 Å². The van der Waals surface area contributed by atoms with Gasteiger partial charge in [0.15, 0.2) is 35.6 Å². The van der Waals surface area contributed by atoms with E-state index < -0.39 is 38.0 Å². The smallest absolute Gasteiger partial charge is 0.330 e. The molecule has 1 amide bonds. The molecule has 1 aliphatic carbocycles. The van der Waals surface area contributed by atoms with Crippen molar-refractivity contribution in [3.05, 3.63) is 89.0 Å². The Balaban J connectivity index is 1.82. The van der Waals surface area contributed by atoms with Gasteiger partial charge in [-0.05, 0) is 61.3 Å². The normalized spacial score (nSPS) is 14.9. The molecule has 39 heavy (non-hydrogen) atoms. The Kier molecular flexibility index (Phi) is 11.1. The second-order valence-corrected chi connectivity index (χ2v) is 9.31. The van der Waals surface area contributed by atoms with Gasteiger partial charge in [0.2, 0.25) is 0 Å². The fourth-order valence-electron chi connectivity index (χ4n) is 4.01. The van der Waals surface area contributed by atoms with Crippen LogP contribution in [-0.2, 0) is 27.2 Å². The van der Waals surface area contributed by atoms with Gasteiger partial charge in [-0.15, -0.1) is 0 Å². The van der Waals surface area contributed by atoms with Crippen molar-refractivity contribution in [2.75, 3.05) is 6.61 Å². The van der Waals surface area contributed by atoms with E-state index in [1.54, 1.807) is 53.7 Å². The Labute approximate surface area is 226 Å². The molecule has 0 bridgehead atoms. The lowest BCUT2D eigenvalue weighted by atomic mass is 10.0. The van der Waals surface area contributed by atoms with Crippen LogP contribution < -0.4 is 9.88 Å². The number of carbonyl (C=O) groups is 1. The molecule has 0 radical (unpaired) electrons. The monoisotopic (exact) mass is 566 g/mol. The van der Waals surface area contributed by atoms with E-state index in [-0.39, 0.29) is 31.2 Å². The molecule has 12 heteroatoms. The lowest BCUT2D eigenvalue weighted by Gasteiger charge is -2.19. The van der Waals surface area contributed by atoms with Gasteiger partial charge in [-0.2, -0.15) is 4.57 Å². The van der Waals surface area contributed by atoms with E-state index in [2.05, 4.69) is 5.32 Å². The molecule has 0 spiro atoms. The van der Waals surface area contributed by atoms with Gasteiger partial charge >= 0.3 is 8.60 Å². The number of hydrogen-bond donors (Lipinski definition) is 3. The van der Waals surface area contributed by atoms with Gasteiger partial charge in [0.1, 0.15) is 11.9 Å². The third-order valence-electron chi connectivity index (χ3n) is 5.95. The summed E-state index contributed by atoms with van der Waals surface area (Å²) in [5, 5.41) is 2.79. The average Bonchev–Trinajstić information content (AvgIpc) is 3.24. The number of allylic oxidation sites excluding steroid dienone is 4. The number of halogens is 3. The largest absolute Gasteiger partial charge is 0.488 e. The van der Waals surface area contributed by atoms with Crippen LogP contribution in [-0.4, -0.2) is 32.9 Å². The first-order chi connectivity index (χ1) is 18.7. The maximum absolute atomic E-state index is 15.2. The minimum absolute atomic E-state index is 0.0557. The molecule has 1 atom stereocenters. The second-order valence-electron chi connectivity index (χ2n) is 8.55. The predicted octanol–water partition coefficient (Wildman–Crippen LogP) is 4.96. The van der Waals surface area contributed by atoms with Gasteiger partial charge < -0.3 is 19.8 Å². The molecule has 1 aromatic carbocycles. The summed E-state index contributed by atoms with van der Waals surface area (Å²) in [5.74, 6) is -3.14. The topological polar surface area (TPSA) is 96.8 Å². The first kappa shape index (κ1) is 30.3. The van der Waals surface area contributed by atoms with Gasteiger partial charge in [0, 0.05) is 6.42 Å². The van der Waals surface area contributed by atoms with Crippen LogP contribution in [0.1, 0.15) is 44.9 Å². The van der Waals surface area contributed by atoms with E-state index in [4.69, 9.17) is 19.0 Å². The van der Waals surface area contributed by atoms with Gasteiger partial charge in [-0.1, -0.05) is 26.0 Å². The number of benzene rings is 1. The number of imidazole rings is 1.